The highest BCUT2D eigenvalue weighted by atomic mass is 16.1. The van der Waals surface area contributed by atoms with Gasteiger partial charge in [-0.3, -0.25) is 4.79 Å². The number of ketones is 1. The summed E-state index contributed by atoms with van der Waals surface area (Å²) in [6, 6.07) is 8.18. The van der Waals surface area contributed by atoms with Gasteiger partial charge in [0, 0.05) is 18.4 Å². The van der Waals surface area contributed by atoms with Crippen molar-refractivity contribution in [2.24, 2.45) is 5.41 Å². The first-order valence-electron chi connectivity index (χ1n) is 6.46. The summed E-state index contributed by atoms with van der Waals surface area (Å²) in [7, 11) is 0. The van der Waals surface area contributed by atoms with Gasteiger partial charge < -0.3 is 5.32 Å². The molecule has 1 aliphatic rings. The number of carbonyl (C=O) groups excluding carboxylic acids is 1. The molecule has 0 aliphatic carbocycles. The van der Waals surface area contributed by atoms with Gasteiger partial charge in [-0.05, 0) is 37.4 Å². The zero-order valence-corrected chi connectivity index (χ0v) is 10.8. The summed E-state index contributed by atoms with van der Waals surface area (Å²) >= 11 is 0. The normalized spacial score (nSPS) is 23.9. The Labute approximate surface area is 103 Å². The van der Waals surface area contributed by atoms with Crippen molar-refractivity contribution in [3.8, 4) is 0 Å². The van der Waals surface area contributed by atoms with E-state index in [0.29, 0.717) is 12.2 Å². The topological polar surface area (TPSA) is 29.1 Å². The van der Waals surface area contributed by atoms with Crippen molar-refractivity contribution in [1.29, 1.82) is 0 Å². The molecule has 1 atom stereocenters. The first-order chi connectivity index (χ1) is 8.18. The van der Waals surface area contributed by atoms with Crippen LogP contribution in [-0.4, -0.2) is 18.9 Å². The Morgan fingerprint density at radius 3 is 2.76 bits per heavy atom. The van der Waals surface area contributed by atoms with E-state index in [2.05, 4.69) is 31.3 Å². The lowest BCUT2D eigenvalue weighted by molar-refractivity contribution is -0.127. The predicted molar refractivity (Wildman–Crippen MR) is 70.1 cm³/mol. The van der Waals surface area contributed by atoms with E-state index in [4.69, 9.17) is 0 Å². The van der Waals surface area contributed by atoms with Crippen molar-refractivity contribution < 1.29 is 4.79 Å². The van der Waals surface area contributed by atoms with Crippen LogP contribution in [0.3, 0.4) is 0 Å². The van der Waals surface area contributed by atoms with E-state index in [1.807, 2.05) is 12.1 Å². The Morgan fingerprint density at radius 2 is 2.18 bits per heavy atom. The summed E-state index contributed by atoms with van der Waals surface area (Å²) < 4.78 is 0. The van der Waals surface area contributed by atoms with Crippen LogP contribution in [0.2, 0.25) is 0 Å². The van der Waals surface area contributed by atoms with Gasteiger partial charge in [0.2, 0.25) is 0 Å². The van der Waals surface area contributed by atoms with E-state index in [-0.39, 0.29) is 5.41 Å². The number of hydrogen-bond donors (Lipinski definition) is 1. The largest absolute Gasteiger partial charge is 0.316 e. The fourth-order valence-electron chi connectivity index (χ4n) is 2.65. The Morgan fingerprint density at radius 1 is 1.41 bits per heavy atom. The smallest absolute Gasteiger partial charge is 0.144 e. The maximum Gasteiger partial charge on any atom is 0.144 e. The molecule has 1 aromatic rings. The van der Waals surface area contributed by atoms with Gasteiger partial charge in [0.1, 0.15) is 5.78 Å². The predicted octanol–water partition coefficient (Wildman–Crippen LogP) is 2.50. The number of benzene rings is 1. The van der Waals surface area contributed by atoms with Gasteiger partial charge in [-0.1, -0.05) is 31.2 Å². The lowest BCUT2D eigenvalue weighted by Crippen LogP contribution is -2.34. The molecular weight excluding hydrogens is 210 g/mol. The van der Waals surface area contributed by atoms with Crippen LogP contribution >= 0.6 is 0 Å². The zero-order valence-electron chi connectivity index (χ0n) is 10.8. The van der Waals surface area contributed by atoms with Crippen LogP contribution < -0.4 is 5.32 Å². The number of carbonyl (C=O) groups is 1. The van der Waals surface area contributed by atoms with Crippen molar-refractivity contribution in [3.63, 3.8) is 0 Å². The lowest BCUT2D eigenvalue weighted by Gasteiger charge is -2.25. The molecule has 2 rings (SSSR count). The second-order valence-corrected chi connectivity index (χ2v) is 5.09. The highest BCUT2D eigenvalue weighted by Gasteiger charge is 2.38. The van der Waals surface area contributed by atoms with E-state index in [9.17, 15) is 4.79 Å². The van der Waals surface area contributed by atoms with Crippen molar-refractivity contribution in [1.82, 2.24) is 5.32 Å². The van der Waals surface area contributed by atoms with E-state index in [0.717, 1.165) is 25.9 Å². The Hall–Kier alpha value is -1.15. The first-order valence-corrected chi connectivity index (χ1v) is 6.46. The molecule has 1 aliphatic heterocycles. The molecule has 0 radical (unpaired) electrons. The number of hydrogen-bond acceptors (Lipinski definition) is 2. The van der Waals surface area contributed by atoms with Gasteiger partial charge in [-0.25, -0.2) is 0 Å². The van der Waals surface area contributed by atoms with E-state index < -0.39 is 0 Å². The third kappa shape index (κ3) is 2.42. The number of aryl methyl sites for hydroxylation is 1. The SMILES string of the molecule is CCC1(C(=O)Cc2ccccc2C)CCNC1. The van der Waals surface area contributed by atoms with Crippen molar-refractivity contribution in [2.45, 2.75) is 33.1 Å². The molecule has 1 aromatic carbocycles. The van der Waals surface area contributed by atoms with Crippen molar-refractivity contribution >= 4 is 5.78 Å². The van der Waals surface area contributed by atoms with Crippen molar-refractivity contribution in [3.05, 3.63) is 35.4 Å². The fraction of sp³-hybridized carbons (Fsp3) is 0.533. The second kappa shape index (κ2) is 5.01. The van der Waals surface area contributed by atoms with Gasteiger partial charge in [-0.2, -0.15) is 0 Å². The molecular formula is C15H21NO. The molecule has 0 amide bonds. The molecule has 1 N–H and O–H groups in total. The molecule has 2 heteroatoms. The minimum Gasteiger partial charge on any atom is -0.316 e. The minimum absolute atomic E-state index is 0.109. The molecule has 1 heterocycles. The van der Waals surface area contributed by atoms with Gasteiger partial charge in [0.25, 0.3) is 0 Å². The fourth-order valence-corrected chi connectivity index (χ4v) is 2.65. The maximum atomic E-state index is 12.5. The summed E-state index contributed by atoms with van der Waals surface area (Å²) in [6.45, 7) is 6.04. The molecule has 17 heavy (non-hydrogen) atoms. The van der Waals surface area contributed by atoms with Gasteiger partial charge in [0.15, 0.2) is 0 Å². The van der Waals surface area contributed by atoms with Crippen LogP contribution in [0.15, 0.2) is 24.3 Å². The standard InChI is InChI=1S/C15H21NO/c1-3-15(8-9-16-11-15)14(17)10-13-7-5-4-6-12(13)2/h4-7,16H,3,8-11H2,1-2H3. The lowest BCUT2D eigenvalue weighted by atomic mass is 9.77. The summed E-state index contributed by atoms with van der Waals surface area (Å²) in [5, 5.41) is 3.32. The number of rotatable bonds is 4. The molecule has 0 aromatic heterocycles. The van der Waals surface area contributed by atoms with E-state index in [1.54, 1.807) is 0 Å². The van der Waals surface area contributed by atoms with Crippen LogP contribution in [0.5, 0.6) is 0 Å². The molecule has 1 unspecified atom stereocenters. The number of Topliss-reactive ketones (excluding diaryl/α,β-unsaturated/α-hetero) is 1. The molecule has 0 bridgehead atoms. The average molecular weight is 231 g/mol. The van der Waals surface area contributed by atoms with Crippen LogP contribution in [0.1, 0.15) is 30.9 Å². The van der Waals surface area contributed by atoms with Crippen LogP contribution in [0.4, 0.5) is 0 Å². The average Bonchev–Trinajstić information content (AvgIpc) is 2.82. The molecule has 0 spiro atoms. The molecule has 1 saturated heterocycles. The van der Waals surface area contributed by atoms with Crippen LogP contribution in [-0.2, 0) is 11.2 Å². The van der Waals surface area contributed by atoms with Gasteiger partial charge in [0.05, 0.1) is 0 Å². The summed E-state index contributed by atoms with van der Waals surface area (Å²) in [5.74, 6) is 0.402. The monoisotopic (exact) mass is 231 g/mol. The van der Waals surface area contributed by atoms with E-state index >= 15 is 0 Å². The third-order valence-corrected chi connectivity index (χ3v) is 4.12. The Balaban J connectivity index is 2.14. The van der Waals surface area contributed by atoms with Crippen LogP contribution in [0.25, 0.3) is 0 Å². The zero-order chi connectivity index (χ0) is 12.3. The number of nitrogens with one attached hydrogen (secondary N) is 1. The van der Waals surface area contributed by atoms with Crippen molar-refractivity contribution in [2.75, 3.05) is 13.1 Å². The minimum atomic E-state index is -0.109. The second-order valence-electron chi connectivity index (χ2n) is 5.09. The quantitative estimate of drug-likeness (QED) is 0.862. The molecule has 1 fully saturated rings. The van der Waals surface area contributed by atoms with Gasteiger partial charge >= 0.3 is 0 Å². The third-order valence-electron chi connectivity index (χ3n) is 4.12. The summed E-state index contributed by atoms with van der Waals surface area (Å²) in [4.78, 5) is 12.5. The van der Waals surface area contributed by atoms with Gasteiger partial charge in [-0.15, -0.1) is 0 Å². The Kier molecular flexibility index (Phi) is 3.63. The summed E-state index contributed by atoms with van der Waals surface area (Å²) in [6.07, 6.45) is 2.53. The Bertz CT molecular complexity index is 405. The first kappa shape index (κ1) is 12.3. The molecule has 92 valence electrons. The van der Waals surface area contributed by atoms with E-state index in [1.165, 1.54) is 11.1 Å². The highest BCUT2D eigenvalue weighted by molar-refractivity contribution is 5.87. The molecule has 2 nitrogen and oxygen atoms in total. The maximum absolute atomic E-state index is 12.5. The summed E-state index contributed by atoms with van der Waals surface area (Å²) in [5.41, 5.74) is 2.29. The molecule has 0 saturated carbocycles. The van der Waals surface area contributed by atoms with Crippen LogP contribution in [0, 0.1) is 12.3 Å². The highest BCUT2D eigenvalue weighted by Crippen LogP contribution is 2.32.